The summed E-state index contributed by atoms with van der Waals surface area (Å²) in [6.07, 6.45) is 0. The van der Waals surface area contributed by atoms with Crippen LogP contribution in [-0.4, -0.2) is 0 Å². The Morgan fingerprint density at radius 2 is 1.83 bits per heavy atom. The average molecular weight is 261 g/mol. The average Bonchev–Trinajstić information content (AvgIpc) is 2.37. The molecule has 0 spiro atoms. The lowest BCUT2D eigenvalue weighted by atomic mass is 10.1. The van der Waals surface area contributed by atoms with Crippen molar-refractivity contribution >= 4 is 11.8 Å². The smallest absolute Gasteiger partial charge is 0.124 e. The van der Waals surface area contributed by atoms with Crippen molar-refractivity contribution in [3.8, 4) is 6.07 Å². The van der Waals surface area contributed by atoms with Gasteiger partial charge >= 0.3 is 0 Å². The molecule has 1 nitrogen and oxygen atoms in total. The Balaban J connectivity index is 2.15. The molecule has 2 aromatic carbocycles. The van der Waals surface area contributed by atoms with Crippen LogP contribution in [-0.2, 0) is 5.75 Å². The van der Waals surface area contributed by atoms with E-state index in [9.17, 15) is 8.78 Å². The van der Waals surface area contributed by atoms with E-state index in [1.54, 1.807) is 12.1 Å². The molecule has 0 bridgehead atoms. The van der Waals surface area contributed by atoms with Gasteiger partial charge in [-0.3, -0.25) is 0 Å². The predicted molar refractivity (Wildman–Crippen MR) is 67.1 cm³/mol. The number of hydrogen-bond acceptors (Lipinski definition) is 2. The highest BCUT2D eigenvalue weighted by Gasteiger charge is 2.05. The summed E-state index contributed by atoms with van der Waals surface area (Å²) in [7, 11) is 0. The molecule has 0 amide bonds. The molecule has 0 unspecified atom stereocenters. The van der Waals surface area contributed by atoms with Crippen LogP contribution in [0.3, 0.4) is 0 Å². The van der Waals surface area contributed by atoms with Crippen LogP contribution in [0.5, 0.6) is 0 Å². The van der Waals surface area contributed by atoms with E-state index in [1.807, 2.05) is 6.07 Å². The molecular weight excluding hydrogens is 252 g/mol. The van der Waals surface area contributed by atoms with Gasteiger partial charge in [-0.1, -0.05) is 6.07 Å². The van der Waals surface area contributed by atoms with Crippen molar-refractivity contribution in [1.29, 1.82) is 5.26 Å². The maximum atomic E-state index is 13.1. The van der Waals surface area contributed by atoms with Gasteiger partial charge in [-0.25, -0.2) is 8.78 Å². The number of thioether (sulfide) groups is 1. The van der Waals surface area contributed by atoms with Crippen LogP contribution in [0.15, 0.2) is 47.4 Å². The number of hydrogen-bond donors (Lipinski definition) is 0. The third-order valence-corrected chi connectivity index (χ3v) is 3.42. The molecule has 2 aromatic rings. The van der Waals surface area contributed by atoms with E-state index in [-0.39, 0.29) is 11.6 Å². The SMILES string of the molecule is N#Cc1ccc(F)cc1CSc1cccc(F)c1. The Morgan fingerprint density at radius 1 is 1.06 bits per heavy atom. The van der Waals surface area contributed by atoms with E-state index in [0.717, 1.165) is 4.90 Å². The van der Waals surface area contributed by atoms with Crippen LogP contribution in [0.2, 0.25) is 0 Å². The maximum Gasteiger partial charge on any atom is 0.124 e. The summed E-state index contributed by atoms with van der Waals surface area (Å²) in [6.45, 7) is 0. The number of nitriles is 1. The van der Waals surface area contributed by atoms with E-state index in [2.05, 4.69) is 0 Å². The molecule has 0 aliphatic rings. The fourth-order valence-electron chi connectivity index (χ4n) is 1.51. The van der Waals surface area contributed by atoms with Crippen LogP contribution in [0.4, 0.5) is 8.78 Å². The number of rotatable bonds is 3. The van der Waals surface area contributed by atoms with E-state index in [1.165, 1.54) is 42.1 Å². The number of halogens is 2. The molecule has 18 heavy (non-hydrogen) atoms. The summed E-state index contributed by atoms with van der Waals surface area (Å²) in [4.78, 5) is 0.753. The molecular formula is C14H9F2NS. The summed E-state index contributed by atoms with van der Waals surface area (Å²) >= 11 is 1.37. The molecule has 0 aromatic heterocycles. The zero-order chi connectivity index (χ0) is 13.0. The van der Waals surface area contributed by atoms with Crippen LogP contribution >= 0.6 is 11.8 Å². The van der Waals surface area contributed by atoms with Crippen molar-refractivity contribution in [1.82, 2.24) is 0 Å². The molecule has 0 fully saturated rings. The van der Waals surface area contributed by atoms with Crippen LogP contribution in [0, 0.1) is 23.0 Å². The van der Waals surface area contributed by atoms with E-state index in [4.69, 9.17) is 5.26 Å². The first kappa shape index (κ1) is 12.6. The van der Waals surface area contributed by atoms with E-state index < -0.39 is 0 Å². The first-order valence-electron chi connectivity index (χ1n) is 5.26. The topological polar surface area (TPSA) is 23.8 Å². The Morgan fingerprint density at radius 3 is 2.56 bits per heavy atom. The molecule has 2 rings (SSSR count). The van der Waals surface area contributed by atoms with Crippen molar-refractivity contribution in [2.45, 2.75) is 10.6 Å². The summed E-state index contributed by atoms with van der Waals surface area (Å²) in [5.41, 5.74) is 1.06. The quantitative estimate of drug-likeness (QED) is 0.776. The van der Waals surface area contributed by atoms with Crippen molar-refractivity contribution in [2.75, 3.05) is 0 Å². The second-order valence-electron chi connectivity index (χ2n) is 3.66. The van der Waals surface area contributed by atoms with E-state index in [0.29, 0.717) is 16.9 Å². The van der Waals surface area contributed by atoms with Gasteiger partial charge in [0, 0.05) is 10.6 Å². The second kappa shape index (κ2) is 5.65. The van der Waals surface area contributed by atoms with Gasteiger partial charge in [-0.15, -0.1) is 11.8 Å². The summed E-state index contributed by atoms with van der Waals surface area (Å²) in [6, 6.07) is 12.2. The van der Waals surface area contributed by atoms with E-state index >= 15 is 0 Å². The Kier molecular flexibility index (Phi) is 3.96. The highest BCUT2D eigenvalue weighted by molar-refractivity contribution is 7.98. The summed E-state index contributed by atoms with van der Waals surface area (Å²) in [5.74, 6) is -0.243. The summed E-state index contributed by atoms with van der Waals surface area (Å²) in [5, 5.41) is 8.91. The number of benzene rings is 2. The van der Waals surface area contributed by atoms with Gasteiger partial charge in [0.05, 0.1) is 11.6 Å². The van der Waals surface area contributed by atoms with Gasteiger partial charge in [-0.05, 0) is 42.0 Å². The van der Waals surface area contributed by atoms with Gasteiger partial charge in [0.2, 0.25) is 0 Å². The lowest BCUT2D eigenvalue weighted by molar-refractivity contribution is 0.624. The third kappa shape index (κ3) is 3.08. The highest BCUT2D eigenvalue weighted by Crippen LogP contribution is 2.25. The minimum atomic E-state index is -0.371. The molecule has 0 radical (unpaired) electrons. The van der Waals surface area contributed by atoms with Crippen LogP contribution < -0.4 is 0 Å². The molecule has 0 saturated heterocycles. The van der Waals surface area contributed by atoms with Crippen molar-refractivity contribution in [3.05, 3.63) is 65.2 Å². The fourth-order valence-corrected chi connectivity index (χ4v) is 2.44. The summed E-state index contributed by atoms with van der Waals surface area (Å²) < 4.78 is 26.1. The minimum Gasteiger partial charge on any atom is -0.207 e. The van der Waals surface area contributed by atoms with Gasteiger partial charge in [-0.2, -0.15) is 5.26 Å². The van der Waals surface area contributed by atoms with Crippen LogP contribution in [0.1, 0.15) is 11.1 Å². The molecule has 0 aliphatic carbocycles. The second-order valence-corrected chi connectivity index (χ2v) is 4.71. The first-order valence-corrected chi connectivity index (χ1v) is 6.24. The Labute approximate surface area is 108 Å². The van der Waals surface area contributed by atoms with Crippen molar-refractivity contribution < 1.29 is 8.78 Å². The van der Waals surface area contributed by atoms with Crippen molar-refractivity contribution in [2.24, 2.45) is 0 Å². The monoisotopic (exact) mass is 261 g/mol. The predicted octanol–water partition coefficient (Wildman–Crippen LogP) is 4.13. The highest BCUT2D eigenvalue weighted by atomic mass is 32.2. The minimum absolute atomic E-state index is 0.306. The Hall–Kier alpha value is -1.86. The van der Waals surface area contributed by atoms with Gasteiger partial charge < -0.3 is 0 Å². The zero-order valence-corrected chi connectivity index (χ0v) is 10.2. The molecule has 90 valence electrons. The molecule has 0 heterocycles. The zero-order valence-electron chi connectivity index (χ0n) is 9.36. The van der Waals surface area contributed by atoms with Gasteiger partial charge in [0.1, 0.15) is 11.6 Å². The Bertz CT molecular complexity index is 605. The molecule has 0 saturated carbocycles. The third-order valence-electron chi connectivity index (χ3n) is 2.38. The maximum absolute atomic E-state index is 13.1. The molecule has 4 heteroatoms. The first-order chi connectivity index (χ1) is 8.69. The van der Waals surface area contributed by atoms with Gasteiger partial charge in [0.15, 0.2) is 0 Å². The van der Waals surface area contributed by atoms with Crippen molar-refractivity contribution in [3.63, 3.8) is 0 Å². The molecule has 0 aliphatic heterocycles. The van der Waals surface area contributed by atoms with Gasteiger partial charge in [0.25, 0.3) is 0 Å². The molecule has 0 N–H and O–H groups in total. The largest absolute Gasteiger partial charge is 0.207 e. The fraction of sp³-hybridized carbons (Fsp3) is 0.0714. The molecule has 0 atom stereocenters. The standard InChI is InChI=1S/C14H9F2NS/c15-12-2-1-3-14(7-12)18-9-11-6-13(16)5-4-10(11)8-17/h1-7H,9H2. The van der Waals surface area contributed by atoms with Crippen LogP contribution in [0.25, 0.3) is 0 Å². The lowest BCUT2D eigenvalue weighted by Gasteiger charge is -2.04. The lowest BCUT2D eigenvalue weighted by Crippen LogP contribution is -1.89. The normalized spacial score (nSPS) is 10.1. The number of nitrogens with zero attached hydrogens (tertiary/aromatic N) is 1.